The Bertz CT molecular complexity index is 300. The van der Waals surface area contributed by atoms with Gasteiger partial charge in [-0.15, -0.1) is 0 Å². The van der Waals surface area contributed by atoms with Crippen molar-refractivity contribution in [2.45, 2.75) is 12.8 Å². The van der Waals surface area contributed by atoms with Crippen LogP contribution in [0.15, 0.2) is 18.2 Å². The Morgan fingerprint density at radius 2 is 2.14 bits per heavy atom. The molecule has 0 atom stereocenters. The minimum Gasteiger partial charge on any atom is -0.496 e. The summed E-state index contributed by atoms with van der Waals surface area (Å²) in [6.45, 7) is -0.0234. The summed E-state index contributed by atoms with van der Waals surface area (Å²) in [6.07, 6.45) is -2.08. The number of ether oxygens (including phenoxy) is 1. The average Bonchev–Trinajstić information content (AvgIpc) is 2.18. The molecule has 0 unspecified atom stereocenters. The number of halogens is 2. The predicted octanol–water partition coefficient (Wildman–Crippen LogP) is 2.17. The van der Waals surface area contributed by atoms with Gasteiger partial charge in [-0.2, -0.15) is 0 Å². The molecule has 0 aliphatic carbocycles. The molecule has 0 saturated heterocycles. The lowest BCUT2D eigenvalue weighted by molar-refractivity contribution is 0.151. The van der Waals surface area contributed by atoms with Crippen LogP contribution in [0.5, 0.6) is 5.75 Å². The number of methoxy groups -OCH3 is 1. The summed E-state index contributed by atoms with van der Waals surface area (Å²) < 4.78 is 29.5. The van der Waals surface area contributed by atoms with Gasteiger partial charge in [-0.05, 0) is 18.1 Å². The van der Waals surface area contributed by atoms with Gasteiger partial charge in [-0.25, -0.2) is 8.78 Å². The smallest absolute Gasteiger partial charge is 0.263 e. The Labute approximate surface area is 81.1 Å². The zero-order valence-corrected chi connectivity index (χ0v) is 7.84. The predicted molar refractivity (Wildman–Crippen MR) is 48.7 cm³/mol. The van der Waals surface area contributed by atoms with Crippen molar-refractivity contribution in [3.8, 4) is 5.75 Å². The van der Waals surface area contributed by atoms with Crippen LogP contribution in [-0.4, -0.2) is 18.8 Å². The molecule has 2 nitrogen and oxygen atoms in total. The van der Waals surface area contributed by atoms with E-state index in [4.69, 9.17) is 9.84 Å². The van der Waals surface area contributed by atoms with Crippen molar-refractivity contribution < 1.29 is 18.6 Å². The molecule has 0 saturated carbocycles. The first-order valence-electron chi connectivity index (χ1n) is 4.25. The SMILES string of the molecule is COc1cc(C(F)F)ccc1CCO. The second-order valence-corrected chi connectivity index (χ2v) is 2.85. The number of aliphatic hydroxyl groups excluding tert-OH is 1. The van der Waals surface area contributed by atoms with Crippen LogP contribution < -0.4 is 4.74 Å². The van der Waals surface area contributed by atoms with Crippen molar-refractivity contribution in [1.29, 1.82) is 0 Å². The lowest BCUT2D eigenvalue weighted by atomic mass is 10.1. The first-order valence-corrected chi connectivity index (χ1v) is 4.25. The molecule has 0 aromatic heterocycles. The molecule has 0 fully saturated rings. The van der Waals surface area contributed by atoms with Gasteiger partial charge in [0.2, 0.25) is 0 Å². The zero-order chi connectivity index (χ0) is 10.6. The maximum absolute atomic E-state index is 12.3. The zero-order valence-electron chi connectivity index (χ0n) is 7.84. The number of rotatable bonds is 4. The average molecular weight is 202 g/mol. The van der Waals surface area contributed by atoms with E-state index in [0.717, 1.165) is 5.56 Å². The number of aliphatic hydroxyl groups is 1. The summed E-state index contributed by atoms with van der Waals surface area (Å²) in [5.41, 5.74) is 0.669. The lowest BCUT2D eigenvalue weighted by Crippen LogP contribution is -1.97. The third kappa shape index (κ3) is 2.42. The van der Waals surface area contributed by atoms with Crippen molar-refractivity contribution >= 4 is 0 Å². The fraction of sp³-hybridized carbons (Fsp3) is 0.400. The molecule has 1 aromatic carbocycles. The molecule has 4 heteroatoms. The van der Waals surface area contributed by atoms with Crippen molar-refractivity contribution in [1.82, 2.24) is 0 Å². The fourth-order valence-corrected chi connectivity index (χ4v) is 1.22. The third-order valence-corrected chi connectivity index (χ3v) is 1.94. The molecule has 78 valence electrons. The molecule has 0 bridgehead atoms. The van der Waals surface area contributed by atoms with Crippen molar-refractivity contribution in [2.75, 3.05) is 13.7 Å². The molecular formula is C10H12F2O2. The summed E-state index contributed by atoms with van der Waals surface area (Å²) in [5, 5.41) is 8.71. The van der Waals surface area contributed by atoms with E-state index >= 15 is 0 Å². The van der Waals surface area contributed by atoms with Crippen molar-refractivity contribution in [3.63, 3.8) is 0 Å². The van der Waals surface area contributed by atoms with Crippen LogP contribution in [0.4, 0.5) is 8.78 Å². The van der Waals surface area contributed by atoms with Gasteiger partial charge in [0.25, 0.3) is 6.43 Å². The molecule has 0 aliphatic rings. The van der Waals surface area contributed by atoms with Gasteiger partial charge in [-0.3, -0.25) is 0 Å². The Hall–Kier alpha value is -1.16. The first-order chi connectivity index (χ1) is 6.69. The van der Waals surface area contributed by atoms with Crippen LogP contribution in [0, 0.1) is 0 Å². The standard InChI is InChI=1S/C10H12F2O2/c1-14-9-6-8(10(11)12)3-2-7(9)4-5-13/h2-3,6,10,13H,4-5H2,1H3. The highest BCUT2D eigenvalue weighted by atomic mass is 19.3. The summed E-state index contributed by atoms with van der Waals surface area (Å²) in [5.74, 6) is 0.400. The van der Waals surface area contributed by atoms with Gasteiger partial charge in [-0.1, -0.05) is 12.1 Å². The Morgan fingerprint density at radius 1 is 1.43 bits per heavy atom. The highest BCUT2D eigenvalue weighted by Crippen LogP contribution is 2.26. The first kappa shape index (κ1) is 10.9. The Balaban J connectivity index is 2.98. The number of hydrogen-bond acceptors (Lipinski definition) is 2. The van der Waals surface area contributed by atoms with E-state index in [0.29, 0.717) is 12.2 Å². The van der Waals surface area contributed by atoms with Gasteiger partial charge in [0, 0.05) is 12.2 Å². The minimum absolute atomic E-state index is 0.0234. The molecule has 1 aromatic rings. The van der Waals surface area contributed by atoms with E-state index in [-0.39, 0.29) is 12.2 Å². The van der Waals surface area contributed by atoms with Crippen LogP contribution in [0.1, 0.15) is 17.6 Å². The van der Waals surface area contributed by atoms with Gasteiger partial charge in [0.05, 0.1) is 7.11 Å². The molecular weight excluding hydrogens is 190 g/mol. The fourth-order valence-electron chi connectivity index (χ4n) is 1.22. The number of alkyl halides is 2. The van der Waals surface area contributed by atoms with E-state index in [9.17, 15) is 8.78 Å². The van der Waals surface area contributed by atoms with Gasteiger partial charge in [0.15, 0.2) is 0 Å². The van der Waals surface area contributed by atoms with Crippen molar-refractivity contribution in [3.05, 3.63) is 29.3 Å². The summed E-state index contributed by atoms with van der Waals surface area (Å²) in [7, 11) is 1.42. The van der Waals surface area contributed by atoms with E-state index in [1.165, 1.54) is 19.2 Å². The monoisotopic (exact) mass is 202 g/mol. The van der Waals surface area contributed by atoms with Gasteiger partial charge in [0.1, 0.15) is 5.75 Å². The minimum atomic E-state index is -2.49. The molecule has 0 spiro atoms. The molecule has 1 N–H and O–H groups in total. The van der Waals surface area contributed by atoms with Crippen LogP contribution in [0.2, 0.25) is 0 Å². The largest absolute Gasteiger partial charge is 0.496 e. The highest BCUT2D eigenvalue weighted by Gasteiger charge is 2.10. The highest BCUT2D eigenvalue weighted by molar-refractivity contribution is 5.38. The topological polar surface area (TPSA) is 29.5 Å². The Morgan fingerprint density at radius 3 is 2.64 bits per heavy atom. The normalized spacial score (nSPS) is 10.6. The summed E-state index contributed by atoms with van der Waals surface area (Å²) >= 11 is 0. The number of hydrogen-bond donors (Lipinski definition) is 1. The molecule has 14 heavy (non-hydrogen) atoms. The maximum Gasteiger partial charge on any atom is 0.263 e. The van der Waals surface area contributed by atoms with E-state index < -0.39 is 6.43 Å². The molecule has 0 aliphatic heterocycles. The Kier molecular flexibility index (Phi) is 3.83. The summed E-state index contributed by atoms with van der Waals surface area (Å²) in [6, 6.07) is 4.20. The molecule has 0 radical (unpaired) electrons. The van der Waals surface area contributed by atoms with Crippen LogP contribution >= 0.6 is 0 Å². The van der Waals surface area contributed by atoms with E-state index in [1.54, 1.807) is 6.07 Å². The number of benzene rings is 1. The van der Waals surface area contributed by atoms with E-state index in [1.807, 2.05) is 0 Å². The maximum atomic E-state index is 12.3. The van der Waals surface area contributed by atoms with E-state index in [2.05, 4.69) is 0 Å². The molecule has 1 rings (SSSR count). The molecule has 0 amide bonds. The van der Waals surface area contributed by atoms with Crippen LogP contribution in [-0.2, 0) is 6.42 Å². The van der Waals surface area contributed by atoms with Crippen molar-refractivity contribution in [2.24, 2.45) is 0 Å². The van der Waals surface area contributed by atoms with Crippen LogP contribution in [0.25, 0.3) is 0 Å². The second kappa shape index (κ2) is 4.91. The summed E-state index contributed by atoms with van der Waals surface area (Å²) in [4.78, 5) is 0. The lowest BCUT2D eigenvalue weighted by Gasteiger charge is -2.09. The van der Waals surface area contributed by atoms with Gasteiger partial charge >= 0.3 is 0 Å². The van der Waals surface area contributed by atoms with Crippen LogP contribution in [0.3, 0.4) is 0 Å². The van der Waals surface area contributed by atoms with Gasteiger partial charge < -0.3 is 9.84 Å². The quantitative estimate of drug-likeness (QED) is 0.810. The molecule has 0 heterocycles. The second-order valence-electron chi connectivity index (χ2n) is 2.85. The third-order valence-electron chi connectivity index (χ3n) is 1.94.